The second kappa shape index (κ2) is 6.42. The Hall–Kier alpha value is -1.03. The Bertz CT molecular complexity index is 572. The van der Waals surface area contributed by atoms with Crippen molar-refractivity contribution in [3.05, 3.63) is 63.1 Å². The molecule has 0 bridgehead atoms. The van der Waals surface area contributed by atoms with E-state index in [1.807, 2.05) is 49.4 Å². The standard InChI is InChI=1S/C15H15BrClNO/c1-10(18)11-6-7-15(14(17)8-11)19-9-12-4-2-3-5-13(12)16/h2-8,10H,9,18H2,1H3/t10-/m1/s1. The summed E-state index contributed by atoms with van der Waals surface area (Å²) in [7, 11) is 0. The Labute approximate surface area is 126 Å². The lowest BCUT2D eigenvalue weighted by Gasteiger charge is -2.12. The maximum Gasteiger partial charge on any atom is 0.138 e. The lowest BCUT2D eigenvalue weighted by Crippen LogP contribution is -2.05. The summed E-state index contributed by atoms with van der Waals surface area (Å²) in [5.41, 5.74) is 7.89. The molecule has 0 saturated heterocycles. The molecule has 0 spiro atoms. The highest BCUT2D eigenvalue weighted by atomic mass is 79.9. The minimum Gasteiger partial charge on any atom is -0.487 e. The van der Waals surface area contributed by atoms with E-state index in [0.717, 1.165) is 15.6 Å². The first kappa shape index (κ1) is 14.4. The Balaban J connectivity index is 2.10. The predicted molar refractivity (Wildman–Crippen MR) is 82.5 cm³/mol. The third-order valence-corrected chi connectivity index (χ3v) is 3.89. The van der Waals surface area contributed by atoms with E-state index in [-0.39, 0.29) is 6.04 Å². The molecule has 2 nitrogen and oxygen atoms in total. The Morgan fingerprint density at radius 3 is 2.63 bits per heavy atom. The molecule has 0 aromatic heterocycles. The Morgan fingerprint density at radius 1 is 1.26 bits per heavy atom. The second-order valence-electron chi connectivity index (χ2n) is 4.36. The fraction of sp³-hybridized carbons (Fsp3) is 0.200. The van der Waals surface area contributed by atoms with Crippen LogP contribution in [-0.2, 0) is 6.61 Å². The van der Waals surface area contributed by atoms with Gasteiger partial charge in [-0.15, -0.1) is 0 Å². The van der Waals surface area contributed by atoms with Crippen molar-refractivity contribution < 1.29 is 4.74 Å². The van der Waals surface area contributed by atoms with Gasteiger partial charge < -0.3 is 10.5 Å². The smallest absolute Gasteiger partial charge is 0.138 e. The van der Waals surface area contributed by atoms with Crippen molar-refractivity contribution >= 4 is 27.5 Å². The van der Waals surface area contributed by atoms with Crippen LogP contribution in [0, 0.1) is 0 Å². The second-order valence-corrected chi connectivity index (χ2v) is 5.62. The molecule has 0 aliphatic rings. The molecule has 0 saturated carbocycles. The van der Waals surface area contributed by atoms with Crippen LogP contribution in [0.25, 0.3) is 0 Å². The van der Waals surface area contributed by atoms with Crippen molar-refractivity contribution in [2.45, 2.75) is 19.6 Å². The quantitative estimate of drug-likeness (QED) is 0.875. The molecule has 0 radical (unpaired) electrons. The van der Waals surface area contributed by atoms with E-state index in [0.29, 0.717) is 17.4 Å². The van der Waals surface area contributed by atoms with Crippen molar-refractivity contribution in [3.8, 4) is 5.75 Å². The lowest BCUT2D eigenvalue weighted by atomic mass is 10.1. The lowest BCUT2D eigenvalue weighted by molar-refractivity contribution is 0.305. The van der Waals surface area contributed by atoms with Gasteiger partial charge in [-0.2, -0.15) is 0 Å². The van der Waals surface area contributed by atoms with Crippen LogP contribution >= 0.6 is 27.5 Å². The summed E-state index contributed by atoms with van der Waals surface area (Å²) in [4.78, 5) is 0. The molecule has 2 aromatic carbocycles. The summed E-state index contributed by atoms with van der Waals surface area (Å²) < 4.78 is 6.76. The highest BCUT2D eigenvalue weighted by molar-refractivity contribution is 9.10. The third-order valence-electron chi connectivity index (χ3n) is 2.82. The molecule has 1 atom stereocenters. The molecule has 2 rings (SSSR count). The zero-order valence-corrected chi connectivity index (χ0v) is 12.9. The van der Waals surface area contributed by atoms with Gasteiger partial charge in [0.1, 0.15) is 12.4 Å². The number of benzene rings is 2. The Morgan fingerprint density at radius 2 is 2.00 bits per heavy atom. The van der Waals surface area contributed by atoms with Crippen LogP contribution in [0.2, 0.25) is 5.02 Å². The first-order valence-corrected chi connectivity index (χ1v) is 7.16. The summed E-state index contributed by atoms with van der Waals surface area (Å²) in [6.07, 6.45) is 0. The van der Waals surface area contributed by atoms with Gasteiger partial charge in [0, 0.05) is 16.1 Å². The number of rotatable bonds is 4. The van der Waals surface area contributed by atoms with E-state index in [2.05, 4.69) is 15.9 Å². The van der Waals surface area contributed by atoms with Crippen molar-refractivity contribution in [1.82, 2.24) is 0 Å². The van der Waals surface area contributed by atoms with E-state index in [1.54, 1.807) is 0 Å². The summed E-state index contributed by atoms with van der Waals surface area (Å²) in [5, 5.41) is 0.585. The minimum absolute atomic E-state index is 0.0326. The van der Waals surface area contributed by atoms with Gasteiger partial charge in [0.15, 0.2) is 0 Å². The summed E-state index contributed by atoms with van der Waals surface area (Å²) in [5.74, 6) is 0.668. The molecule has 2 aromatic rings. The topological polar surface area (TPSA) is 35.2 Å². The number of nitrogens with two attached hydrogens (primary N) is 1. The molecule has 0 amide bonds. The molecule has 19 heavy (non-hydrogen) atoms. The average Bonchev–Trinajstić information content (AvgIpc) is 2.39. The number of hydrogen-bond donors (Lipinski definition) is 1. The largest absolute Gasteiger partial charge is 0.487 e. The first-order chi connectivity index (χ1) is 9.08. The molecular weight excluding hydrogens is 326 g/mol. The molecule has 100 valence electrons. The van der Waals surface area contributed by atoms with Gasteiger partial charge in [-0.25, -0.2) is 0 Å². The van der Waals surface area contributed by atoms with E-state index in [9.17, 15) is 0 Å². The molecule has 0 fully saturated rings. The monoisotopic (exact) mass is 339 g/mol. The first-order valence-electron chi connectivity index (χ1n) is 5.99. The molecular formula is C15H15BrClNO. The van der Waals surface area contributed by atoms with Crippen LogP contribution in [-0.4, -0.2) is 0 Å². The molecule has 0 heterocycles. The van der Waals surface area contributed by atoms with Gasteiger partial charge >= 0.3 is 0 Å². The van der Waals surface area contributed by atoms with Gasteiger partial charge in [-0.05, 0) is 30.7 Å². The normalized spacial score (nSPS) is 12.2. The van der Waals surface area contributed by atoms with Gasteiger partial charge in [0.05, 0.1) is 5.02 Å². The zero-order chi connectivity index (χ0) is 13.8. The van der Waals surface area contributed by atoms with Crippen LogP contribution in [0.5, 0.6) is 5.75 Å². The molecule has 0 aliphatic carbocycles. The van der Waals surface area contributed by atoms with E-state index in [4.69, 9.17) is 22.1 Å². The van der Waals surface area contributed by atoms with Gasteiger partial charge in [0.2, 0.25) is 0 Å². The van der Waals surface area contributed by atoms with Crippen LogP contribution in [0.15, 0.2) is 46.9 Å². The van der Waals surface area contributed by atoms with Crippen molar-refractivity contribution in [2.24, 2.45) is 5.73 Å². The van der Waals surface area contributed by atoms with E-state index < -0.39 is 0 Å². The summed E-state index contributed by atoms with van der Waals surface area (Å²) >= 11 is 9.68. The van der Waals surface area contributed by atoms with Gasteiger partial charge in [-0.3, -0.25) is 0 Å². The molecule has 4 heteroatoms. The fourth-order valence-electron chi connectivity index (χ4n) is 1.69. The zero-order valence-electron chi connectivity index (χ0n) is 10.6. The predicted octanol–water partition coefficient (Wildman–Crippen LogP) is 4.70. The maximum absolute atomic E-state index is 6.19. The van der Waals surface area contributed by atoms with Gasteiger partial charge in [0.25, 0.3) is 0 Å². The minimum atomic E-state index is -0.0326. The average molecular weight is 341 g/mol. The van der Waals surface area contributed by atoms with Crippen LogP contribution < -0.4 is 10.5 Å². The van der Waals surface area contributed by atoms with E-state index >= 15 is 0 Å². The number of halogens is 2. The van der Waals surface area contributed by atoms with Crippen LogP contribution in [0.4, 0.5) is 0 Å². The van der Waals surface area contributed by atoms with Crippen molar-refractivity contribution in [3.63, 3.8) is 0 Å². The highest BCUT2D eigenvalue weighted by Gasteiger charge is 2.07. The fourth-order valence-corrected chi connectivity index (χ4v) is 2.33. The van der Waals surface area contributed by atoms with Crippen LogP contribution in [0.1, 0.15) is 24.1 Å². The SMILES string of the molecule is C[C@@H](N)c1ccc(OCc2ccccc2Br)c(Cl)c1. The van der Waals surface area contributed by atoms with Crippen molar-refractivity contribution in [1.29, 1.82) is 0 Å². The molecule has 2 N–H and O–H groups in total. The van der Waals surface area contributed by atoms with Crippen molar-refractivity contribution in [2.75, 3.05) is 0 Å². The van der Waals surface area contributed by atoms with Gasteiger partial charge in [-0.1, -0.05) is 51.8 Å². The van der Waals surface area contributed by atoms with Crippen LogP contribution in [0.3, 0.4) is 0 Å². The molecule has 0 unspecified atom stereocenters. The Kier molecular flexibility index (Phi) is 4.86. The number of hydrogen-bond acceptors (Lipinski definition) is 2. The highest BCUT2D eigenvalue weighted by Crippen LogP contribution is 2.28. The summed E-state index contributed by atoms with van der Waals surface area (Å²) in [6.45, 7) is 2.39. The number of ether oxygens (including phenoxy) is 1. The molecule has 0 aliphatic heterocycles. The third kappa shape index (κ3) is 3.72. The summed E-state index contributed by atoms with van der Waals surface area (Å²) in [6, 6.07) is 13.6. The van der Waals surface area contributed by atoms with E-state index in [1.165, 1.54) is 0 Å². The maximum atomic E-state index is 6.19.